The summed E-state index contributed by atoms with van der Waals surface area (Å²) < 4.78 is 10.7. The van der Waals surface area contributed by atoms with Gasteiger partial charge in [0.1, 0.15) is 0 Å². The fraction of sp³-hybridized carbons (Fsp3) is 0.600. The molecule has 0 spiro atoms. The molecule has 3 nitrogen and oxygen atoms in total. The standard InChI is InChI=1S/C15H23NO2.ClH/c1-2-3-4-5-6-9-16-11-13-7-8-14-15(10-13)18-12-17-14;/h7-8,10,16H,2-6,9,11-12H2,1H3;1H. The van der Waals surface area contributed by atoms with Gasteiger partial charge in [-0.25, -0.2) is 0 Å². The highest BCUT2D eigenvalue weighted by Gasteiger charge is 2.12. The van der Waals surface area contributed by atoms with Crippen LogP contribution in [0.3, 0.4) is 0 Å². The van der Waals surface area contributed by atoms with Crippen molar-refractivity contribution in [1.29, 1.82) is 0 Å². The molecule has 108 valence electrons. The lowest BCUT2D eigenvalue weighted by molar-refractivity contribution is 0.174. The van der Waals surface area contributed by atoms with Gasteiger partial charge < -0.3 is 14.8 Å². The van der Waals surface area contributed by atoms with Crippen LogP contribution in [0.1, 0.15) is 44.6 Å². The highest BCUT2D eigenvalue weighted by atomic mass is 35.5. The SMILES string of the molecule is CCCCCCCNCc1ccc2c(c1)OCO2.Cl. The van der Waals surface area contributed by atoms with Crippen LogP contribution in [0.25, 0.3) is 0 Å². The molecular weight excluding hydrogens is 262 g/mol. The Balaban J connectivity index is 0.00000180. The summed E-state index contributed by atoms with van der Waals surface area (Å²) in [6.07, 6.45) is 6.64. The van der Waals surface area contributed by atoms with Crippen molar-refractivity contribution in [3.63, 3.8) is 0 Å². The lowest BCUT2D eigenvalue weighted by Gasteiger charge is -2.05. The van der Waals surface area contributed by atoms with Crippen LogP contribution in [-0.4, -0.2) is 13.3 Å². The van der Waals surface area contributed by atoms with E-state index in [9.17, 15) is 0 Å². The van der Waals surface area contributed by atoms with Crippen LogP contribution in [0.4, 0.5) is 0 Å². The number of halogens is 1. The van der Waals surface area contributed by atoms with Crippen LogP contribution in [0.15, 0.2) is 18.2 Å². The number of nitrogens with one attached hydrogen (secondary N) is 1. The number of rotatable bonds is 8. The molecule has 0 fully saturated rings. The largest absolute Gasteiger partial charge is 0.454 e. The molecule has 0 unspecified atom stereocenters. The van der Waals surface area contributed by atoms with E-state index in [1.54, 1.807) is 0 Å². The maximum absolute atomic E-state index is 5.36. The molecule has 0 aliphatic carbocycles. The molecule has 0 aromatic heterocycles. The topological polar surface area (TPSA) is 30.5 Å². The first kappa shape index (κ1) is 16.1. The van der Waals surface area contributed by atoms with Gasteiger partial charge in [0.15, 0.2) is 11.5 Å². The van der Waals surface area contributed by atoms with E-state index in [0.29, 0.717) is 6.79 Å². The van der Waals surface area contributed by atoms with Crippen LogP contribution >= 0.6 is 12.4 Å². The average Bonchev–Trinajstić information content (AvgIpc) is 2.85. The fourth-order valence-electron chi connectivity index (χ4n) is 2.14. The quantitative estimate of drug-likeness (QED) is 0.735. The van der Waals surface area contributed by atoms with Crippen molar-refractivity contribution in [2.75, 3.05) is 13.3 Å². The van der Waals surface area contributed by atoms with Crippen molar-refractivity contribution < 1.29 is 9.47 Å². The first-order valence-corrected chi connectivity index (χ1v) is 6.99. The van der Waals surface area contributed by atoms with Gasteiger partial charge in [0.25, 0.3) is 0 Å². The molecule has 1 aliphatic heterocycles. The van der Waals surface area contributed by atoms with E-state index in [0.717, 1.165) is 24.6 Å². The third kappa shape index (κ3) is 5.29. The molecule has 1 heterocycles. The maximum Gasteiger partial charge on any atom is 0.231 e. The van der Waals surface area contributed by atoms with E-state index in [1.165, 1.54) is 37.7 Å². The van der Waals surface area contributed by atoms with Gasteiger partial charge in [-0.3, -0.25) is 0 Å². The summed E-state index contributed by atoms with van der Waals surface area (Å²) in [5.74, 6) is 1.73. The van der Waals surface area contributed by atoms with Crippen LogP contribution < -0.4 is 14.8 Å². The van der Waals surface area contributed by atoms with Crippen molar-refractivity contribution >= 4 is 12.4 Å². The van der Waals surface area contributed by atoms with E-state index in [-0.39, 0.29) is 12.4 Å². The van der Waals surface area contributed by atoms with Gasteiger partial charge in [0, 0.05) is 6.54 Å². The van der Waals surface area contributed by atoms with Crippen molar-refractivity contribution in [3.8, 4) is 11.5 Å². The molecule has 4 heteroatoms. The number of ether oxygens (including phenoxy) is 2. The van der Waals surface area contributed by atoms with Gasteiger partial charge in [-0.15, -0.1) is 12.4 Å². The molecule has 1 aromatic rings. The van der Waals surface area contributed by atoms with Gasteiger partial charge in [-0.05, 0) is 30.7 Å². The zero-order valence-electron chi connectivity index (χ0n) is 11.6. The predicted octanol–water partition coefficient (Wildman–Crippen LogP) is 3.90. The summed E-state index contributed by atoms with van der Waals surface area (Å²) in [6.45, 7) is 4.60. The number of fused-ring (bicyclic) bond motifs is 1. The summed E-state index contributed by atoms with van der Waals surface area (Å²) >= 11 is 0. The minimum absolute atomic E-state index is 0. The minimum Gasteiger partial charge on any atom is -0.454 e. The van der Waals surface area contributed by atoms with Gasteiger partial charge in [0.2, 0.25) is 6.79 Å². The Bertz CT molecular complexity index is 371. The molecule has 19 heavy (non-hydrogen) atoms. The van der Waals surface area contributed by atoms with E-state index >= 15 is 0 Å². The second-order valence-corrected chi connectivity index (χ2v) is 4.78. The Morgan fingerprint density at radius 3 is 2.68 bits per heavy atom. The van der Waals surface area contributed by atoms with Crippen LogP contribution in [-0.2, 0) is 6.54 Å². The Hall–Kier alpha value is -0.930. The molecule has 2 rings (SSSR count). The molecule has 1 aliphatic rings. The smallest absolute Gasteiger partial charge is 0.231 e. The second kappa shape index (κ2) is 9.05. The molecule has 0 radical (unpaired) electrons. The maximum atomic E-state index is 5.36. The van der Waals surface area contributed by atoms with Crippen LogP contribution in [0.5, 0.6) is 11.5 Å². The summed E-state index contributed by atoms with van der Waals surface area (Å²) in [5, 5.41) is 3.47. The van der Waals surface area contributed by atoms with Gasteiger partial charge in [0.05, 0.1) is 0 Å². The summed E-state index contributed by atoms with van der Waals surface area (Å²) in [4.78, 5) is 0. The Morgan fingerprint density at radius 1 is 1.05 bits per heavy atom. The molecular formula is C15H24ClNO2. The van der Waals surface area contributed by atoms with E-state index in [1.807, 2.05) is 6.07 Å². The van der Waals surface area contributed by atoms with Crippen LogP contribution in [0.2, 0.25) is 0 Å². The second-order valence-electron chi connectivity index (χ2n) is 4.78. The fourth-order valence-corrected chi connectivity index (χ4v) is 2.14. The first-order valence-electron chi connectivity index (χ1n) is 6.99. The van der Waals surface area contributed by atoms with E-state index in [4.69, 9.17) is 9.47 Å². The number of benzene rings is 1. The lowest BCUT2D eigenvalue weighted by Crippen LogP contribution is -2.14. The molecule has 1 N–H and O–H groups in total. The molecule has 0 saturated heterocycles. The van der Waals surface area contributed by atoms with Crippen molar-refractivity contribution in [2.45, 2.75) is 45.6 Å². The summed E-state index contributed by atoms with van der Waals surface area (Å²) in [6, 6.07) is 6.14. The Morgan fingerprint density at radius 2 is 1.84 bits per heavy atom. The molecule has 0 atom stereocenters. The lowest BCUT2D eigenvalue weighted by atomic mass is 10.1. The molecule has 0 bridgehead atoms. The number of unbranched alkanes of at least 4 members (excludes halogenated alkanes) is 4. The van der Waals surface area contributed by atoms with Crippen molar-refractivity contribution in [3.05, 3.63) is 23.8 Å². The highest BCUT2D eigenvalue weighted by molar-refractivity contribution is 5.85. The Labute approximate surface area is 122 Å². The summed E-state index contributed by atoms with van der Waals surface area (Å²) in [5.41, 5.74) is 1.26. The zero-order chi connectivity index (χ0) is 12.6. The predicted molar refractivity (Wildman–Crippen MR) is 80.3 cm³/mol. The highest BCUT2D eigenvalue weighted by Crippen LogP contribution is 2.32. The number of hydrogen-bond acceptors (Lipinski definition) is 3. The zero-order valence-corrected chi connectivity index (χ0v) is 12.4. The van der Waals surface area contributed by atoms with E-state index in [2.05, 4.69) is 24.4 Å². The van der Waals surface area contributed by atoms with Gasteiger partial charge in [-0.1, -0.05) is 38.7 Å². The number of hydrogen-bond donors (Lipinski definition) is 1. The van der Waals surface area contributed by atoms with Gasteiger partial charge >= 0.3 is 0 Å². The average molecular weight is 286 g/mol. The van der Waals surface area contributed by atoms with E-state index < -0.39 is 0 Å². The van der Waals surface area contributed by atoms with Crippen molar-refractivity contribution in [1.82, 2.24) is 5.32 Å². The third-order valence-electron chi connectivity index (χ3n) is 3.22. The van der Waals surface area contributed by atoms with Crippen molar-refractivity contribution in [2.24, 2.45) is 0 Å². The van der Waals surface area contributed by atoms with Gasteiger partial charge in [-0.2, -0.15) is 0 Å². The Kier molecular flexibility index (Phi) is 7.68. The van der Waals surface area contributed by atoms with Crippen LogP contribution in [0, 0.1) is 0 Å². The normalized spacial score (nSPS) is 12.3. The first-order chi connectivity index (χ1) is 8.90. The molecule has 0 amide bonds. The third-order valence-corrected chi connectivity index (χ3v) is 3.22. The molecule has 0 saturated carbocycles. The molecule has 1 aromatic carbocycles. The summed E-state index contributed by atoms with van der Waals surface area (Å²) in [7, 11) is 0. The minimum atomic E-state index is 0. The monoisotopic (exact) mass is 285 g/mol.